The van der Waals surface area contributed by atoms with Gasteiger partial charge in [0.25, 0.3) is 0 Å². The summed E-state index contributed by atoms with van der Waals surface area (Å²) >= 11 is 6.17. The number of nitrogens with one attached hydrogen (secondary N) is 1. The van der Waals surface area contributed by atoms with Crippen molar-refractivity contribution in [2.75, 3.05) is 6.54 Å². The lowest BCUT2D eigenvalue weighted by molar-refractivity contribution is -0.124. The second-order valence-corrected chi connectivity index (χ2v) is 5.98. The molecule has 0 saturated carbocycles. The average molecular weight is 301 g/mol. The van der Waals surface area contributed by atoms with Crippen molar-refractivity contribution in [3.05, 3.63) is 16.4 Å². The highest BCUT2D eigenvalue weighted by Crippen LogP contribution is 2.26. The van der Waals surface area contributed by atoms with Gasteiger partial charge in [0.05, 0.1) is 28.0 Å². The van der Waals surface area contributed by atoms with Gasteiger partial charge >= 0.3 is 0 Å². The van der Waals surface area contributed by atoms with Crippen molar-refractivity contribution in [3.8, 4) is 0 Å². The summed E-state index contributed by atoms with van der Waals surface area (Å²) in [6, 6.07) is 0.0306. The number of carbonyl (C=O) groups is 1. The van der Waals surface area contributed by atoms with Crippen LogP contribution in [0.25, 0.3) is 0 Å². The third-order valence-electron chi connectivity index (χ3n) is 3.67. The lowest BCUT2D eigenvalue weighted by Gasteiger charge is -2.30. The van der Waals surface area contributed by atoms with Crippen LogP contribution >= 0.6 is 11.6 Å². The monoisotopic (exact) mass is 300 g/mol. The van der Waals surface area contributed by atoms with Gasteiger partial charge in [0.1, 0.15) is 0 Å². The fourth-order valence-corrected chi connectivity index (χ4v) is 2.53. The van der Waals surface area contributed by atoms with E-state index in [4.69, 9.17) is 17.3 Å². The molecule has 2 unspecified atom stereocenters. The predicted molar refractivity (Wildman–Crippen MR) is 81.9 cm³/mol. The smallest absolute Gasteiger partial charge is 0.237 e. The van der Waals surface area contributed by atoms with Gasteiger partial charge in [-0.2, -0.15) is 5.10 Å². The maximum atomic E-state index is 11.8. The largest absolute Gasteiger partial charge is 0.368 e. The zero-order valence-electron chi connectivity index (χ0n) is 13.0. The highest BCUT2D eigenvalue weighted by molar-refractivity contribution is 6.31. The summed E-state index contributed by atoms with van der Waals surface area (Å²) in [6.07, 6.45) is 1.52. The van der Waals surface area contributed by atoms with E-state index in [2.05, 4.69) is 17.3 Å². The van der Waals surface area contributed by atoms with Crippen molar-refractivity contribution >= 4 is 17.5 Å². The molecule has 0 bridgehead atoms. The average Bonchev–Trinajstić information content (AvgIpc) is 2.64. The highest BCUT2D eigenvalue weighted by Gasteiger charge is 2.33. The third kappa shape index (κ3) is 3.52. The van der Waals surface area contributed by atoms with Gasteiger partial charge in [-0.05, 0) is 47.1 Å². The molecule has 0 fully saturated rings. The topological polar surface area (TPSA) is 72.9 Å². The number of halogens is 1. The van der Waals surface area contributed by atoms with Gasteiger partial charge < -0.3 is 11.1 Å². The third-order valence-corrected chi connectivity index (χ3v) is 4.21. The fourth-order valence-electron chi connectivity index (χ4n) is 2.41. The number of nitrogens with two attached hydrogens (primary N) is 1. The van der Waals surface area contributed by atoms with Gasteiger partial charge in [-0.25, -0.2) is 0 Å². The van der Waals surface area contributed by atoms with Crippen LogP contribution in [-0.2, 0) is 4.79 Å². The zero-order chi connectivity index (χ0) is 15.5. The molecule has 5 nitrogen and oxygen atoms in total. The first-order chi connectivity index (χ1) is 9.23. The number of primary amides is 1. The van der Waals surface area contributed by atoms with Crippen molar-refractivity contribution in [2.45, 2.75) is 59.0 Å². The standard InChI is InChI=1S/C14H25ClN4O/c1-6-7-17-14(5,13(16)20)8-9(2)19-11(4)12(15)10(3)18-19/h9,17H,6-8H2,1-5H3,(H2,16,20). The highest BCUT2D eigenvalue weighted by atomic mass is 35.5. The van der Waals surface area contributed by atoms with Crippen LogP contribution in [0.3, 0.4) is 0 Å². The number of nitrogens with zero attached hydrogens (tertiary/aromatic N) is 2. The Hall–Kier alpha value is -1.07. The first-order valence-electron chi connectivity index (χ1n) is 6.99. The minimum Gasteiger partial charge on any atom is -0.368 e. The van der Waals surface area contributed by atoms with Crippen LogP contribution in [0, 0.1) is 13.8 Å². The van der Waals surface area contributed by atoms with E-state index in [9.17, 15) is 4.79 Å². The molecule has 3 N–H and O–H groups in total. The molecule has 6 heteroatoms. The van der Waals surface area contributed by atoms with Crippen LogP contribution < -0.4 is 11.1 Å². The molecule has 0 aliphatic heterocycles. The molecular formula is C14H25ClN4O. The van der Waals surface area contributed by atoms with Crippen molar-refractivity contribution in [2.24, 2.45) is 5.73 Å². The van der Waals surface area contributed by atoms with Gasteiger partial charge in [0.2, 0.25) is 5.91 Å². The van der Waals surface area contributed by atoms with Crippen LogP contribution in [0.5, 0.6) is 0 Å². The Morgan fingerprint density at radius 2 is 2.15 bits per heavy atom. The molecule has 114 valence electrons. The summed E-state index contributed by atoms with van der Waals surface area (Å²) in [5.74, 6) is -0.342. The summed E-state index contributed by atoms with van der Waals surface area (Å²) in [6.45, 7) is 10.5. The van der Waals surface area contributed by atoms with Crippen LogP contribution in [-0.4, -0.2) is 27.8 Å². The molecule has 1 aromatic heterocycles. The van der Waals surface area contributed by atoms with Gasteiger partial charge in [0.15, 0.2) is 0 Å². The van der Waals surface area contributed by atoms with Gasteiger partial charge in [-0.15, -0.1) is 0 Å². The molecule has 20 heavy (non-hydrogen) atoms. The van der Waals surface area contributed by atoms with E-state index >= 15 is 0 Å². The molecule has 1 heterocycles. The molecule has 1 amide bonds. The summed E-state index contributed by atoms with van der Waals surface area (Å²) in [7, 11) is 0. The van der Waals surface area contributed by atoms with E-state index in [0.717, 1.165) is 24.4 Å². The lowest BCUT2D eigenvalue weighted by atomic mass is 9.92. The summed E-state index contributed by atoms with van der Waals surface area (Å²) in [5, 5.41) is 8.36. The van der Waals surface area contributed by atoms with Gasteiger partial charge in [0, 0.05) is 0 Å². The molecule has 0 spiro atoms. The molecule has 0 saturated heterocycles. The molecule has 1 rings (SSSR count). The summed E-state index contributed by atoms with van der Waals surface area (Å²) in [5.41, 5.74) is 6.53. The van der Waals surface area contributed by atoms with Crippen LogP contribution in [0.2, 0.25) is 5.02 Å². The van der Waals surface area contributed by atoms with E-state index in [-0.39, 0.29) is 11.9 Å². The Bertz CT molecular complexity index is 486. The molecular weight excluding hydrogens is 276 g/mol. The lowest BCUT2D eigenvalue weighted by Crippen LogP contribution is -2.54. The van der Waals surface area contributed by atoms with Gasteiger partial charge in [-0.1, -0.05) is 18.5 Å². The minimum atomic E-state index is -0.742. The first-order valence-corrected chi connectivity index (χ1v) is 7.36. The summed E-state index contributed by atoms with van der Waals surface area (Å²) in [4.78, 5) is 11.8. The normalized spacial score (nSPS) is 15.9. The zero-order valence-corrected chi connectivity index (χ0v) is 13.7. The Morgan fingerprint density at radius 3 is 2.55 bits per heavy atom. The van der Waals surface area contributed by atoms with E-state index in [1.807, 2.05) is 32.4 Å². The Morgan fingerprint density at radius 1 is 1.55 bits per heavy atom. The summed E-state index contributed by atoms with van der Waals surface area (Å²) < 4.78 is 1.87. The van der Waals surface area contributed by atoms with E-state index in [1.54, 1.807) is 0 Å². The Labute approximate surface area is 125 Å². The molecule has 0 radical (unpaired) electrons. The molecule has 0 aliphatic rings. The minimum absolute atomic E-state index is 0.0306. The molecule has 2 atom stereocenters. The number of amides is 1. The maximum absolute atomic E-state index is 11.8. The van der Waals surface area contributed by atoms with Crippen LogP contribution in [0.15, 0.2) is 0 Å². The molecule has 0 aliphatic carbocycles. The van der Waals surface area contributed by atoms with Crippen molar-refractivity contribution < 1.29 is 4.79 Å². The second-order valence-electron chi connectivity index (χ2n) is 5.61. The maximum Gasteiger partial charge on any atom is 0.237 e. The van der Waals surface area contributed by atoms with Crippen molar-refractivity contribution in [1.29, 1.82) is 0 Å². The Kier molecular flexibility index (Phi) is 5.59. The number of hydrogen-bond acceptors (Lipinski definition) is 3. The number of rotatable bonds is 7. The number of aromatic nitrogens is 2. The molecule has 0 aromatic carbocycles. The van der Waals surface area contributed by atoms with Gasteiger partial charge in [-0.3, -0.25) is 9.48 Å². The first kappa shape index (κ1) is 17.0. The fraction of sp³-hybridized carbons (Fsp3) is 0.714. The SMILES string of the molecule is CCCNC(C)(CC(C)n1nc(C)c(Cl)c1C)C(N)=O. The van der Waals surface area contributed by atoms with Crippen LogP contribution in [0.4, 0.5) is 0 Å². The van der Waals surface area contributed by atoms with Crippen molar-refractivity contribution in [3.63, 3.8) is 0 Å². The van der Waals surface area contributed by atoms with Crippen molar-refractivity contribution in [1.82, 2.24) is 15.1 Å². The number of carbonyl (C=O) groups excluding carboxylic acids is 1. The van der Waals surface area contributed by atoms with E-state index in [1.165, 1.54) is 0 Å². The number of aryl methyl sites for hydroxylation is 1. The molecule has 1 aromatic rings. The quantitative estimate of drug-likeness (QED) is 0.812. The number of hydrogen-bond donors (Lipinski definition) is 2. The predicted octanol–water partition coefficient (Wildman–Crippen LogP) is 2.35. The van der Waals surface area contributed by atoms with E-state index < -0.39 is 5.54 Å². The van der Waals surface area contributed by atoms with E-state index in [0.29, 0.717) is 11.4 Å². The second kappa shape index (κ2) is 6.59. The van der Waals surface area contributed by atoms with Crippen LogP contribution in [0.1, 0.15) is 51.0 Å². The Balaban J connectivity index is 2.93.